The Morgan fingerprint density at radius 1 is 1.17 bits per heavy atom. The van der Waals surface area contributed by atoms with Gasteiger partial charge < -0.3 is 15.5 Å². The number of para-hydroxylation sites is 1. The average molecular weight is 268 g/mol. The van der Waals surface area contributed by atoms with E-state index in [2.05, 4.69) is 5.32 Å². The van der Waals surface area contributed by atoms with Crippen LogP contribution in [0.1, 0.15) is 5.56 Å². The first-order valence-corrected chi connectivity index (χ1v) is 5.64. The maximum Gasteiger partial charge on any atom is 0.162 e. The summed E-state index contributed by atoms with van der Waals surface area (Å²) in [5.74, 6) is -0.770. The van der Waals surface area contributed by atoms with Crippen LogP contribution in [-0.4, -0.2) is 10.2 Å². The van der Waals surface area contributed by atoms with Crippen molar-refractivity contribution in [2.24, 2.45) is 0 Å². The molecule has 0 aliphatic carbocycles. The van der Waals surface area contributed by atoms with Crippen molar-refractivity contribution < 1.29 is 14.6 Å². The molecule has 18 heavy (non-hydrogen) atoms. The van der Waals surface area contributed by atoms with Gasteiger partial charge >= 0.3 is 0 Å². The molecule has 2 aromatic carbocycles. The molecule has 94 valence electrons. The minimum absolute atomic E-state index is 0.178. The summed E-state index contributed by atoms with van der Waals surface area (Å²) in [7, 11) is 0. The molecule has 3 N–H and O–H groups in total. The lowest BCUT2D eigenvalue weighted by Gasteiger charge is -2.10. The zero-order chi connectivity index (χ0) is 13.1. The predicted molar refractivity (Wildman–Crippen MR) is 68.5 cm³/mol. The van der Waals surface area contributed by atoms with Crippen molar-refractivity contribution in [3.05, 3.63) is 52.8 Å². The third kappa shape index (κ3) is 2.65. The standard InChI is InChI=1S/C13H11ClFNO2/c14-10-6-9(15)4-5-11(10)16-7-8-2-1-3-12(17)13(8)18/h1-6,16-18H,7H2. The lowest BCUT2D eigenvalue weighted by Crippen LogP contribution is -2.00. The third-order valence-corrected chi connectivity index (χ3v) is 2.81. The first kappa shape index (κ1) is 12.5. The molecule has 0 aliphatic heterocycles. The van der Waals surface area contributed by atoms with Crippen LogP contribution in [0.25, 0.3) is 0 Å². The van der Waals surface area contributed by atoms with Crippen molar-refractivity contribution in [1.29, 1.82) is 0 Å². The monoisotopic (exact) mass is 267 g/mol. The van der Waals surface area contributed by atoms with Gasteiger partial charge in [0.15, 0.2) is 11.5 Å². The molecule has 0 aromatic heterocycles. The van der Waals surface area contributed by atoms with Crippen molar-refractivity contribution >= 4 is 17.3 Å². The van der Waals surface area contributed by atoms with Crippen LogP contribution in [0.4, 0.5) is 10.1 Å². The summed E-state index contributed by atoms with van der Waals surface area (Å²) in [6.07, 6.45) is 0. The number of hydrogen-bond acceptors (Lipinski definition) is 3. The van der Waals surface area contributed by atoms with Gasteiger partial charge in [-0.1, -0.05) is 23.7 Å². The van der Waals surface area contributed by atoms with Crippen LogP contribution in [0.2, 0.25) is 5.02 Å². The number of benzene rings is 2. The minimum atomic E-state index is -0.411. The van der Waals surface area contributed by atoms with Crippen LogP contribution in [0.5, 0.6) is 11.5 Å². The summed E-state index contributed by atoms with van der Waals surface area (Å²) in [6.45, 7) is 0.269. The van der Waals surface area contributed by atoms with Gasteiger partial charge in [0, 0.05) is 12.1 Å². The van der Waals surface area contributed by atoms with Gasteiger partial charge in [0.1, 0.15) is 5.82 Å². The highest BCUT2D eigenvalue weighted by atomic mass is 35.5. The molecule has 0 saturated carbocycles. The molecular weight excluding hydrogens is 257 g/mol. The molecule has 0 bridgehead atoms. The van der Waals surface area contributed by atoms with Gasteiger partial charge in [-0.2, -0.15) is 0 Å². The van der Waals surface area contributed by atoms with Crippen LogP contribution in [0.3, 0.4) is 0 Å². The average Bonchev–Trinajstić information content (AvgIpc) is 2.33. The van der Waals surface area contributed by atoms with Crippen molar-refractivity contribution in [3.8, 4) is 11.5 Å². The van der Waals surface area contributed by atoms with Gasteiger partial charge in [0.05, 0.1) is 10.7 Å². The molecule has 0 saturated heterocycles. The fourth-order valence-electron chi connectivity index (χ4n) is 1.54. The number of phenols is 2. The Balaban J connectivity index is 2.14. The second kappa shape index (κ2) is 5.14. The molecule has 2 aromatic rings. The number of halogens is 2. The largest absolute Gasteiger partial charge is 0.504 e. The molecule has 0 unspecified atom stereocenters. The maximum absolute atomic E-state index is 12.8. The van der Waals surface area contributed by atoms with E-state index in [1.807, 2.05) is 0 Å². The zero-order valence-corrected chi connectivity index (χ0v) is 10.1. The Hall–Kier alpha value is -1.94. The smallest absolute Gasteiger partial charge is 0.162 e. The van der Waals surface area contributed by atoms with Crippen molar-refractivity contribution in [1.82, 2.24) is 0 Å². The number of rotatable bonds is 3. The van der Waals surface area contributed by atoms with Gasteiger partial charge in [0.2, 0.25) is 0 Å². The zero-order valence-electron chi connectivity index (χ0n) is 9.32. The number of phenolic OH excluding ortho intramolecular Hbond substituents is 2. The quantitative estimate of drug-likeness (QED) is 0.746. The van der Waals surface area contributed by atoms with E-state index in [-0.39, 0.29) is 23.1 Å². The summed E-state index contributed by atoms with van der Waals surface area (Å²) in [6, 6.07) is 8.68. The number of anilines is 1. The van der Waals surface area contributed by atoms with Crippen LogP contribution in [-0.2, 0) is 6.54 Å². The predicted octanol–water partition coefficient (Wildman–Crippen LogP) is 3.50. The summed E-state index contributed by atoms with van der Waals surface area (Å²) in [5, 5.41) is 22.2. The molecule has 0 fully saturated rings. The molecule has 0 aliphatic rings. The molecule has 0 spiro atoms. The van der Waals surface area contributed by atoms with E-state index >= 15 is 0 Å². The Labute approximate surface area is 108 Å². The van der Waals surface area contributed by atoms with E-state index < -0.39 is 5.82 Å². The number of hydrogen-bond donors (Lipinski definition) is 3. The van der Waals surface area contributed by atoms with E-state index in [1.54, 1.807) is 12.1 Å². The fourth-order valence-corrected chi connectivity index (χ4v) is 1.78. The molecule has 0 radical (unpaired) electrons. The van der Waals surface area contributed by atoms with E-state index in [0.717, 1.165) is 0 Å². The third-order valence-electron chi connectivity index (χ3n) is 2.50. The Morgan fingerprint density at radius 3 is 2.67 bits per heavy atom. The van der Waals surface area contributed by atoms with Crippen molar-refractivity contribution in [2.45, 2.75) is 6.54 Å². The topological polar surface area (TPSA) is 52.5 Å². The van der Waals surface area contributed by atoms with Crippen LogP contribution >= 0.6 is 11.6 Å². The highest BCUT2D eigenvalue weighted by molar-refractivity contribution is 6.33. The molecular formula is C13H11ClFNO2. The highest BCUT2D eigenvalue weighted by Gasteiger charge is 2.07. The van der Waals surface area contributed by atoms with Gasteiger partial charge in [-0.25, -0.2) is 4.39 Å². The van der Waals surface area contributed by atoms with E-state index in [9.17, 15) is 14.6 Å². The van der Waals surface area contributed by atoms with Gasteiger partial charge in [0.25, 0.3) is 0 Å². The summed E-state index contributed by atoms with van der Waals surface area (Å²) >= 11 is 5.85. The highest BCUT2D eigenvalue weighted by Crippen LogP contribution is 2.29. The number of nitrogens with one attached hydrogen (secondary N) is 1. The van der Waals surface area contributed by atoms with Crippen LogP contribution in [0, 0.1) is 5.82 Å². The van der Waals surface area contributed by atoms with E-state index in [0.29, 0.717) is 11.3 Å². The summed E-state index contributed by atoms with van der Waals surface area (Å²) in [4.78, 5) is 0. The summed E-state index contributed by atoms with van der Waals surface area (Å²) in [5.41, 5.74) is 1.08. The molecule has 0 atom stereocenters. The first-order valence-electron chi connectivity index (χ1n) is 5.26. The van der Waals surface area contributed by atoms with E-state index in [4.69, 9.17) is 11.6 Å². The minimum Gasteiger partial charge on any atom is -0.504 e. The molecule has 5 heteroatoms. The molecule has 0 heterocycles. The van der Waals surface area contributed by atoms with E-state index in [1.165, 1.54) is 24.3 Å². The van der Waals surface area contributed by atoms with Gasteiger partial charge in [-0.05, 0) is 24.3 Å². The fraction of sp³-hybridized carbons (Fsp3) is 0.0769. The second-order valence-electron chi connectivity index (χ2n) is 3.76. The van der Waals surface area contributed by atoms with Gasteiger partial charge in [-0.3, -0.25) is 0 Å². The lowest BCUT2D eigenvalue weighted by atomic mass is 10.2. The van der Waals surface area contributed by atoms with Crippen molar-refractivity contribution in [2.75, 3.05) is 5.32 Å². The normalized spacial score (nSPS) is 10.3. The maximum atomic E-state index is 12.8. The lowest BCUT2D eigenvalue weighted by molar-refractivity contribution is 0.400. The molecule has 3 nitrogen and oxygen atoms in total. The molecule has 2 rings (SSSR count). The van der Waals surface area contributed by atoms with Gasteiger partial charge in [-0.15, -0.1) is 0 Å². The number of aromatic hydroxyl groups is 2. The first-order chi connectivity index (χ1) is 8.58. The van der Waals surface area contributed by atoms with Crippen LogP contribution in [0.15, 0.2) is 36.4 Å². The van der Waals surface area contributed by atoms with Crippen molar-refractivity contribution in [3.63, 3.8) is 0 Å². The second-order valence-corrected chi connectivity index (χ2v) is 4.17. The Bertz CT molecular complexity index is 575. The Morgan fingerprint density at radius 2 is 1.94 bits per heavy atom. The summed E-state index contributed by atoms with van der Waals surface area (Å²) < 4.78 is 12.8. The van der Waals surface area contributed by atoms with Crippen LogP contribution < -0.4 is 5.32 Å². The SMILES string of the molecule is Oc1cccc(CNc2ccc(F)cc2Cl)c1O. The Kier molecular flexibility index (Phi) is 3.58. The molecule has 0 amide bonds.